The van der Waals surface area contributed by atoms with E-state index in [-0.39, 0.29) is 0 Å². The Morgan fingerprint density at radius 1 is 1.24 bits per heavy atom. The Labute approximate surface area is 148 Å². The van der Waals surface area contributed by atoms with Gasteiger partial charge >= 0.3 is 0 Å². The molecular weight excluding hydrogens is 312 g/mol. The molecule has 4 rings (SSSR count). The predicted octanol–water partition coefficient (Wildman–Crippen LogP) is 3.66. The number of ether oxygens (including phenoxy) is 1. The highest BCUT2D eigenvalue weighted by Gasteiger charge is 2.19. The molecule has 25 heavy (non-hydrogen) atoms. The summed E-state index contributed by atoms with van der Waals surface area (Å²) in [4.78, 5) is 15.0. The van der Waals surface area contributed by atoms with Gasteiger partial charge in [-0.05, 0) is 50.1 Å². The number of nitrogens with zero attached hydrogens (tertiary/aromatic N) is 3. The Morgan fingerprint density at radius 3 is 2.96 bits per heavy atom. The molecule has 0 aliphatic carbocycles. The van der Waals surface area contributed by atoms with E-state index in [1.165, 1.54) is 19.4 Å². The van der Waals surface area contributed by atoms with Crippen LogP contribution in [0.15, 0.2) is 36.7 Å². The van der Waals surface area contributed by atoms with E-state index in [4.69, 9.17) is 9.72 Å². The molecule has 3 heterocycles. The molecule has 2 aromatic heterocycles. The van der Waals surface area contributed by atoms with Gasteiger partial charge in [0.2, 0.25) is 0 Å². The summed E-state index contributed by atoms with van der Waals surface area (Å²) < 4.78 is 5.27. The molecule has 1 aromatic carbocycles. The molecule has 1 saturated heterocycles. The van der Waals surface area contributed by atoms with Crippen LogP contribution in [-0.4, -0.2) is 46.1 Å². The van der Waals surface area contributed by atoms with Gasteiger partial charge in [-0.1, -0.05) is 6.07 Å². The van der Waals surface area contributed by atoms with Gasteiger partial charge in [0.05, 0.1) is 24.3 Å². The third-order valence-electron chi connectivity index (χ3n) is 5.14. The van der Waals surface area contributed by atoms with Crippen molar-refractivity contribution in [3.8, 4) is 16.9 Å². The Hall–Kier alpha value is -2.40. The minimum absolute atomic E-state index is 0.705. The zero-order valence-electron chi connectivity index (χ0n) is 14.8. The summed E-state index contributed by atoms with van der Waals surface area (Å²) in [6, 6.07) is 9.01. The molecule has 130 valence electrons. The quantitative estimate of drug-likeness (QED) is 0.772. The normalized spacial score (nSPS) is 18.1. The van der Waals surface area contributed by atoms with E-state index < -0.39 is 0 Å². The average Bonchev–Trinajstić information content (AvgIpc) is 3.24. The standard InChI is InChI=1S/C20H24N4O/c1-14-4-3-8-24(14)9-7-20-22-18-6-5-15(11-19(18)23-20)16-10-17(25-2)13-21-12-16/h5-6,10-14H,3-4,7-9H2,1-2H3,(H,22,23). The maximum atomic E-state index is 5.27. The van der Waals surface area contributed by atoms with E-state index in [2.05, 4.69) is 40.0 Å². The Bertz CT molecular complexity index is 873. The fourth-order valence-electron chi connectivity index (χ4n) is 3.62. The summed E-state index contributed by atoms with van der Waals surface area (Å²) in [5.41, 5.74) is 4.23. The fraction of sp³-hybridized carbons (Fsp3) is 0.400. The van der Waals surface area contributed by atoms with E-state index >= 15 is 0 Å². The molecular formula is C20H24N4O. The van der Waals surface area contributed by atoms with Gasteiger partial charge in [0, 0.05) is 30.8 Å². The Kier molecular flexibility index (Phi) is 4.40. The number of fused-ring (bicyclic) bond motifs is 1. The van der Waals surface area contributed by atoms with Crippen molar-refractivity contribution >= 4 is 11.0 Å². The van der Waals surface area contributed by atoms with E-state index in [1.54, 1.807) is 13.3 Å². The molecule has 0 radical (unpaired) electrons. The number of hydrogen-bond acceptors (Lipinski definition) is 4. The first-order valence-corrected chi connectivity index (χ1v) is 8.95. The van der Waals surface area contributed by atoms with Crippen molar-refractivity contribution < 1.29 is 4.74 Å². The summed E-state index contributed by atoms with van der Waals surface area (Å²) in [5.74, 6) is 1.83. The molecule has 5 heteroatoms. The molecule has 1 N–H and O–H groups in total. The number of imidazole rings is 1. The smallest absolute Gasteiger partial charge is 0.137 e. The van der Waals surface area contributed by atoms with Crippen molar-refractivity contribution in [1.82, 2.24) is 19.9 Å². The van der Waals surface area contributed by atoms with Crippen molar-refractivity contribution in [3.05, 3.63) is 42.5 Å². The lowest BCUT2D eigenvalue weighted by Crippen LogP contribution is -2.29. The molecule has 1 aliphatic rings. The van der Waals surface area contributed by atoms with Crippen LogP contribution in [0.25, 0.3) is 22.2 Å². The van der Waals surface area contributed by atoms with Crippen LogP contribution in [0, 0.1) is 0 Å². The molecule has 1 aliphatic heterocycles. The number of methoxy groups -OCH3 is 1. The minimum atomic E-state index is 0.705. The van der Waals surface area contributed by atoms with Gasteiger partial charge in [-0.2, -0.15) is 0 Å². The average molecular weight is 336 g/mol. The first-order valence-electron chi connectivity index (χ1n) is 8.95. The molecule has 1 unspecified atom stereocenters. The molecule has 1 fully saturated rings. The number of aromatic amines is 1. The maximum absolute atomic E-state index is 5.27. The van der Waals surface area contributed by atoms with Crippen molar-refractivity contribution in [2.45, 2.75) is 32.2 Å². The molecule has 0 saturated carbocycles. The topological polar surface area (TPSA) is 54.0 Å². The summed E-state index contributed by atoms with van der Waals surface area (Å²) in [5, 5.41) is 0. The van der Waals surface area contributed by atoms with Gasteiger partial charge in [0.25, 0.3) is 0 Å². The van der Waals surface area contributed by atoms with E-state index in [9.17, 15) is 0 Å². The second-order valence-electron chi connectivity index (χ2n) is 6.81. The number of H-pyrrole nitrogens is 1. The monoisotopic (exact) mass is 336 g/mol. The minimum Gasteiger partial charge on any atom is -0.495 e. The highest BCUT2D eigenvalue weighted by molar-refractivity contribution is 5.82. The first-order chi connectivity index (χ1) is 12.2. The zero-order chi connectivity index (χ0) is 17.2. The van der Waals surface area contributed by atoms with Gasteiger partial charge in [-0.25, -0.2) is 4.98 Å². The van der Waals surface area contributed by atoms with Crippen LogP contribution in [0.5, 0.6) is 5.75 Å². The van der Waals surface area contributed by atoms with Crippen LogP contribution in [0.3, 0.4) is 0 Å². The molecule has 0 amide bonds. The van der Waals surface area contributed by atoms with Gasteiger partial charge in [-0.3, -0.25) is 4.98 Å². The lowest BCUT2D eigenvalue weighted by Gasteiger charge is -2.19. The summed E-state index contributed by atoms with van der Waals surface area (Å²) in [6.45, 7) is 4.61. The molecule has 3 aromatic rings. The van der Waals surface area contributed by atoms with E-state index in [1.807, 2.05) is 12.3 Å². The predicted molar refractivity (Wildman–Crippen MR) is 99.8 cm³/mol. The lowest BCUT2D eigenvalue weighted by molar-refractivity contribution is 0.271. The highest BCUT2D eigenvalue weighted by Crippen LogP contribution is 2.25. The van der Waals surface area contributed by atoms with Crippen LogP contribution in [0.4, 0.5) is 0 Å². The van der Waals surface area contributed by atoms with E-state index in [0.717, 1.165) is 46.7 Å². The summed E-state index contributed by atoms with van der Waals surface area (Å²) in [6.07, 6.45) is 7.17. The highest BCUT2D eigenvalue weighted by atomic mass is 16.5. The third kappa shape index (κ3) is 3.37. The summed E-state index contributed by atoms with van der Waals surface area (Å²) in [7, 11) is 1.66. The van der Waals surface area contributed by atoms with Gasteiger partial charge < -0.3 is 14.6 Å². The number of nitrogens with one attached hydrogen (secondary N) is 1. The number of likely N-dealkylation sites (tertiary alicyclic amines) is 1. The number of pyridine rings is 1. The molecule has 0 bridgehead atoms. The van der Waals surface area contributed by atoms with Gasteiger partial charge in [-0.15, -0.1) is 0 Å². The number of aromatic nitrogens is 3. The second kappa shape index (κ2) is 6.84. The lowest BCUT2D eigenvalue weighted by atomic mass is 10.1. The van der Waals surface area contributed by atoms with Crippen LogP contribution < -0.4 is 4.74 Å². The number of rotatable bonds is 5. The number of benzene rings is 1. The van der Waals surface area contributed by atoms with Crippen LogP contribution in [0.1, 0.15) is 25.6 Å². The number of hydrogen-bond donors (Lipinski definition) is 1. The fourth-order valence-corrected chi connectivity index (χ4v) is 3.62. The van der Waals surface area contributed by atoms with Crippen LogP contribution in [0.2, 0.25) is 0 Å². The summed E-state index contributed by atoms with van der Waals surface area (Å²) >= 11 is 0. The van der Waals surface area contributed by atoms with Crippen molar-refractivity contribution in [2.75, 3.05) is 20.2 Å². The van der Waals surface area contributed by atoms with Crippen LogP contribution >= 0.6 is 0 Å². The Morgan fingerprint density at radius 2 is 2.16 bits per heavy atom. The van der Waals surface area contributed by atoms with Crippen molar-refractivity contribution in [2.24, 2.45) is 0 Å². The van der Waals surface area contributed by atoms with E-state index in [0.29, 0.717) is 6.04 Å². The molecule has 5 nitrogen and oxygen atoms in total. The van der Waals surface area contributed by atoms with Crippen molar-refractivity contribution in [1.29, 1.82) is 0 Å². The molecule has 0 spiro atoms. The van der Waals surface area contributed by atoms with Crippen LogP contribution in [-0.2, 0) is 6.42 Å². The zero-order valence-corrected chi connectivity index (χ0v) is 14.8. The first kappa shape index (κ1) is 16.1. The van der Waals surface area contributed by atoms with Gasteiger partial charge in [0.15, 0.2) is 0 Å². The maximum Gasteiger partial charge on any atom is 0.137 e. The second-order valence-corrected chi connectivity index (χ2v) is 6.81. The van der Waals surface area contributed by atoms with Crippen molar-refractivity contribution in [3.63, 3.8) is 0 Å². The van der Waals surface area contributed by atoms with Gasteiger partial charge in [0.1, 0.15) is 11.6 Å². The molecule has 1 atom stereocenters. The Balaban J connectivity index is 1.54. The third-order valence-corrected chi connectivity index (χ3v) is 5.14. The SMILES string of the molecule is COc1cncc(-c2ccc3[nH]c(CCN4CCCC4C)nc3c2)c1. The largest absolute Gasteiger partial charge is 0.495 e.